The van der Waals surface area contributed by atoms with Gasteiger partial charge in [-0.1, -0.05) is 71.8 Å². The number of rotatable bonds is 0. The molecule has 0 fully saturated rings. The minimum atomic E-state index is 1.14. The SMILES string of the molecule is c1ccc2c(c1)CC1=C(C2)Cc2cc3ccccc3cc2C1. The molecule has 3 aromatic rings. The first-order valence-electron chi connectivity index (χ1n) is 8.14. The highest BCUT2D eigenvalue weighted by atomic mass is 14.3. The van der Waals surface area contributed by atoms with Crippen molar-refractivity contribution in [3.63, 3.8) is 0 Å². The minimum Gasteiger partial charge on any atom is -0.0620 e. The lowest BCUT2D eigenvalue weighted by atomic mass is 9.76. The molecule has 0 bridgehead atoms. The second-order valence-electron chi connectivity index (χ2n) is 6.65. The Morgan fingerprint density at radius 3 is 1.36 bits per heavy atom. The minimum absolute atomic E-state index is 1.14. The average molecular weight is 282 g/mol. The summed E-state index contributed by atoms with van der Waals surface area (Å²) in [5.41, 5.74) is 9.48. The summed E-state index contributed by atoms with van der Waals surface area (Å²) in [6, 6.07) is 22.5. The van der Waals surface area contributed by atoms with E-state index in [2.05, 4.69) is 60.7 Å². The van der Waals surface area contributed by atoms with Crippen molar-refractivity contribution in [3.05, 3.63) is 94.1 Å². The fraction of sp³-hybridized carbons (Fsp3) is 0.182. The van der Waals surface area contributed by atoms with Gasteiger partial charge in [-0.2, -0.15) is 0 Å². The third-order valence-electron chi connectivity index (χ3n) is 5.30. The van der Waals surface area contributed by atoms with Crippen molar-refractivity contribution in [1.82, 2.24) is 0 Å². The summed E-state index contributed by atoms with van der Waals surface area (Å²) in [5.74, 6) is 0. The smallest absolute Gasteiger partial charge is 0.00578 e. The van der Waals surface area contributed by atoms with Crippen molar-refractivity contribution < 1.29 is 0 Å². The normalized spacial score (nSPS) is 16.2. The predicted molar refractivity (Wildman–Crippen MR) is 92.2 cm³/mol. The van der Waals surface area contributed by atoms with Gasteiger partial charge in [-0.05, 0) is 58.7 Å². The molecule has 0 saturated heterocycles. The molecule has 0 atom stereocenters. The predicted octanol–water partition coefficient (Wildman–Crippen LogP) is 5.03. The zero-order valence-corrected chi connectivity index (χ0v) is 12.6. The molecule has 0 saturated carbocycles. The summed E-state index contributed by atoms with van der Waals surface area (Å²) in [6.45, 7) is 0. The Morgan fingerprint density at radius 2 is 0.864 bits per heavy atom. The van der Waals surface area contributed by atoms with Gasteiger partial charge in [-0.25, -0.2) is 0 Å². The summed E-state index contributed by atoms with van der Waals surface area (Å²) in [5, 5.41) is 2.75. The average Bonchev–Trinajstić information content (AvgIpc) is 2.56. The zero-order valence-electron chi connectivity index (χ0n) is 12.6. The van der Waals surface area contributed by atoms with Crippen LogP contribution >= 0.6 is 0 Å². The topological polar surface area (TPSA) is 0 Å². The van der Waals surface area contributed by atoms with Crippen molar-refractivity contribution in [2.45, 2.75) is 25.7 Å². The molecule has 0 unspecified atom stereocenters. The van der Waals surface area contributed by atoms with Gasteiger partial charge < -0.3 is 0 Å². The molecule has 0 radical (unpaired) electrons. The Kier molecular flexibility index (Phi) is 2.54. The van der Waals surface area contributed by atoms with Crippen molar-refractivity contribution in [2.24, 2.45) is 0 Å². The van der Waals surface area contributed by atoms with Crippen LogP contribution in [0.5, 0.6) is 0 Å². The van der Waals surface area contributed by atoms with Crippen LogP contribution in [-0.4, -0.2) is 0 Å². The lowest BCUT2D eigenvalue weighted by Gasteiger charge is -2.29. The van der Waals surface area contributed by atoms with Gasteiger partial charge in [0.25, 0.3) is 0 Å². The quantitative estimate of drug-likeness (QED) is 0.507. The molecule has 0 heteroatoms. The van der Waals surface area contributed by atoms with Gasteiger partial charge >= 0.3 is 0 Å². The molecule has 0 nitrogen and oxygen atoms in total. The molecule has 0 aromatic heterocycles. The van der Waals surface area contributed by atoms with Crippen LogP contribution in [0, 0.1) is 0 Å². The van der Waals surface area contributed by atoms with Gasteiger partial charge in [-0.15, -0.1) is 0 Å². The second-order valence-corrected chi connectivity index (χ2v) is 6.65. The van der Waals surface area contributed by atoms with E-state index >= 15 is 0 Å². The molecular weight excluding hydrogens is 264 g/mol. The Hall–Kier alpha value is -2.34. The van der Waals surface area contributed by atoms with Gasteiger partial charge in [-0.3, -0.25) is 0 Å². The van der Waals surface area contributed by atoms with E-state index in [1.165, 1.54) is 33.0 Å². The van der Waals surface area contributed by atoms with E-state index in [0.29, 0.717) is 0 Å². The van der Waals surface area contributed by atoms with Crippen molar-refractivity contribution in [1.29, 1.82) is 0 Å². The maximum absolute atomic E-state index is 2.41. The molecule has 0 N–H and O–H groups in total. The van der Waals surface area contributed by atoms with Crippen LogP contribution < -0.4 is 0 Å². The van der Waals surface area contributed by atoms with Gasteiger partial charge in [0.1, 0.15) is 0 Å². The van der Waals surface area contributed by atoms with Crippen LogP contribution in [0.25, 0.3) is 10.8 Å². The Labute approximate surface area is 131 Å². The lowest BCUT2D eigenvalue weighted by Crippen LogP contribution is -2.17. The van der Waals surface area contributed by atoms with Crippen LogP contribution in [-0.2, 0) is 25.7 Å². The molecule has 0 amide bonds. The van der Waals surface area contributed by atoms with E-state index in [0.717, 1.165) is 25.7 Å². The standard InChI is InChI=1S/C22H18/c1-2-6-16-10-20-14-22-12-18-8-4-3-7-17(18)11-21(22)13-19(20)9-15(16)5-1/h1-10H,11-14H2. The molecule has 106 valence electrons. The second kappa shape index (κ2) is 4.58. The Bertz CT molecular complexity index is 852. The maximum Gasteiger partial charge on any atom is -0.00578 e. The Morgan fingerprint density at radius 1 is 0.455 bits per heavy atom. The number of benzene rings is 3. The summed E-state index contributed by atoms with van der Waals surface area (Å²) in [6.07, 6.45) is 4.59. The molecule has 5 rings (SSSR count). The third-order valence-corrected chi connectivity index (χ3v) is 5.30. The third kappa shape index (κ3) is 1.84. The Balaban J connectivity index is 1.59. The first-order chi connectivity index (χ1) is 10.9. The number of allylic oxidation sites excluding steroid dienone is 2. The molecule has 2 aliphatic rings. The number of hydrogen-bond acceptors (Lipinski definition) is 0. The van der Waals surface area contributed by atoms with Crippen LogP contribution in [0.15, 0.2) is 71.8 Å². The van der Waals surface area contributed by atoms with E-state index in [9.17, 15) is 0 Å². The first-order valence-corrected chi connectivity index (χ1v) is 8.14. The van der Waals surface area contributed by atoms with E-state index in [1.54, 1.807) is 11.1 Å². The summed E-state index contributed by atoms with van der Waals surface area (Å²) in [4.78, 5) is 0. The van der Waals surface area contributed by atoms with Gasteiger partial charge in [0, 0.05) is 0 Å². The monoisotopic (exact) mass is 282 g/mol. The molecule has 3 aromatic carbocycles. The van der Waals surface area contributed by atoms with Crippen molar-refractivity contribution >= 4 is 10.8 Å². The summed E-state index contributed by atoms with van der Waals surface area (Å²) < 4.78 is 0. The van der Waals surface area contributed by atoms with Crippen molar-refractivity contribution in [2.75, 3.05) is 0 Å². The van der Waals surface area contributed by atoms with Gasteiger partial charge in [0.15, 0.2) is 0 Å². The highest BCUT2D eigenvalue weighted by molar-refractivity contribution is 5.84. The first kappa shape index (κ1) is 12.2. The van der Waals surface area contributed by atoms with E-state index in [4.69, 9.17) is 0 Å². The van der Waals surface area contributed by atoms with Gasteiger partial charge in [0.2, 0.25) is 0 Å². The van der Waals surface area contributed by atoms with Crippen LogP contribution in [0.4, 0.5) is 0 Å². The summed E-state index contributed by atoms with van der Waals surface area (Å²) >= 11 is 0. The zero-order chi connectivity index (χ0) is 14.5. The number of hydrogen-bond donors (Lipinski definition) is 0. The highest BCUT2D eigenvalue weighted by Gasteiger charge is 2.23. The molecule has 0 heterocycles. The fourth-order valence-corrected chi connectivity index (χ4v) is 4.11. The maximum atomic E-state index is 2.41. The fourth-order valence-electron chi connectivity index (χ4n) is 4.11. The molecule has 0 aliphatic heterocycles. The molecule has 0 spiro atoms. The summed E-state index contributed by atoms with van der Waals surface area (Å²) in [7, 11) is 0. The highest BCUT2D eigenvalue weighted by Crippen LogP contribution is 2.36. The largest absolute Gasteiger partial charge is 0.0620 e. The molecular formula is C22H18. The van der Waals surface area contributed by atoms with Crippen LogP contribution in [0.1, 0.15) is 22.3 Å². The van der Waals surface area contributed by atoms with Crippen LogP contribution in [0.3, 0.4) is 0 Å². The molecule has 2 aliphatic carbocycles. The van der Waals surface area contributed by atoms with E-state index < -0.39 is 0 Å². The molecule has 22 heavy (non-hydrogen) atoms. The van der Waals surface area contributed by atoms with Crippen molar-refractivity contribution in [3.8, 4) is 0 Å². The van der Waals surface area contributed by atoms with E-state index in [1.807, 2.05) is 0 Å². The lowest BCUT2D eigenvalue weighted by molar-refractivity contribution is 0.833. The van der Waals surface area contributed by atoms with Crippen LogP contribution in [0.2, 0.25) is 0 Å². The van der Waals surface area contributed by atoms with Gasteiger partial charge in [0.05, 0.1) is 0 Å². The van der Waals surface area contributed by atoms with E-state index in [-0.39, 0.29) is 0 Å². The number of fused-ring (bicyclic) bond motifs is 3.